The van der Waals surface area contributed by atoms with Crippen LogP contribution in [0.2, 0.25) is 0 Å². The Morgan fingerprint density at radius 1 is 1.38 bits per heavy atom. The van der Waals surface area contributed by atoms with Crippen LogP contribution in [-0.2, 0) is 4.74 Å². The topological polar surface area (TPSA) is 12.5 Å². The maximum absolute atomic E-state index is 5.57. The lowest BCUT2D eigenvalue weighted by Gasteiger charge is -2.34. The van der Waals surface area contributed by atoms with Crippen LogP contribution in [0, 0.1) is 5.41 Å². The number of likely N-dealkylation sites (tertiary alicyclic amines) is 1. The van der Waals surface area contributed by atoms with Gasteiger partial charge in [-0.2, -0.15) is 0 Å². The molecular weight excluding hydrogens is 162 g/mol. The third-order valence-electron chi connectivity index (χ3n) is 4.03. The first-order valence-electron chi connectivity index (χ1n) is 5.25. The monoisotopic (exact) mass is 183 g/mol. The van der Waals surface area contributed by atoms with Crippen molar-refractivity contribution in [1.29, 1.82) is 0 Å². The first-order valence-corrected chi connectivity index (χ1v) is 5.25. The van der Waals surface area contributed by atoms with Crippen molar-refractivity contribution in [3.05, 3.63) is 0 Å². The minimum Gasteiger partial charge on any atom is -0.377 e. The van der Waals surface area contributed by atoms with Crippen molar-refractivity contribution in [2.75, 3.05) is 20.7 Å². The fraction of sp³-hybridized carbons (Fsp3) is 1.00. The molecule has 2 heteroatoms. The van der Waals surface area contributed by atoms with Crippen LogP contribution >= 0.6 is 0 Å². The molecule has 0 aromatic heterocycles. The normalized spacial score (nSPS) is 32.8. The van der Waals surface area contributed by atoms with Crippen LogP contribution in [0.5, 0.6) is 0 Å². The fourth-order valence-corrected chi connectivity index (χ4v) is 2.72. The van der Waals surface area contributed by atoms with Gasteiger partial charge < -0.3 is 4.74 Å². The second-order valence-corrected chi connectivity index (χ2v) is 5.44. The summed E-state index contributed by atoms with van der Waals surface area (Å²) in [5.74, 6) is 0. The van der Waals surface area contributed by atoms with Crippen molar-refractivity contribution < 1.29 is 4.74 Å². The highest BCUT2D eigenvalue weighted by Crippen LogP contribution is 2.56. The molecule has 0 aromatic rings. The number of likely N-dealkylation sites (N-methyl/N-ethyl adjacent to an activating group) is 1. The molecule has 2 rings (SSSR count). The first-order chi connectivity index (χ1) is 5.99. The summed E-state index contributed by atoms with van der Waals surface area (Å²) in [7, 11) is 4.06. The Bertz CT molecular complexity index is 208. The number of nitrogens with zero attached hydrogens (tertiary/aromatic N) is 1. The van der Waals surface area contributed by atoms with E-state index in [9.17, 15) is 0 Å². The summed E-state index contributed by atoms with van der Waals surface area (Å²) in [4.78, 5) is 2.48. The molecular formula is C11H21NO. The van der Waals surface area contributed by atoms with E-state index >= 15 is 0 Å². The highest BCUT2D eigenvalue weighted by Gasteiger charge is 2.54. The van der Waals surface area contributed by atoms with E-state index in [2.05, 4.69) is 25.8 Å². The predicted octanol–water partition coefficient (Wildman–Crippen LogP) is 1.90. The molecule has 0 unspecified atom stereocenters. The van der Waals surface area contributed by atoms with Crippen molar-refractivity contribution in [2.45, 2.75) is 44.8 Å². The molecule has 1 saturated heterocycles. The zero-order chi connectivity index (χ0) is 9.69. The summed E-state index contributed by atoms with van der Waals surface area (Å²) in [6.07, 6.45) is 4.21. The second kappa shape index (κ2) is 2.71. The number of ether oxygens (including phenoxy) is 1. The molecule has 0 bridgehead atoms. The number of hydrogen-bond donors (Lipinski definition) is 0. The molecule has 1 aliphatic heterocycles. The zero-order valence-corrected chi connectivity index (χ0v) is 9.26. The summed E-state index contributed by atoms with van der Waals surface area (Å²) in [5.41, 5.74) is 0.704. The third kappa shape index (κ3) is 1.50. The van der Waals surface area contributed by atoms with Gasteiger partial charge in [0, 0.05) is 19.7 Å². The van der Waals surface area contributed by atoms with E-state index in [1.165, 1.54) is 25.8 Å². The van der Waals surface area contributed by atoms with Gasteiger partial charge in [-0.1, -0.05) is 0 Å². The first kappa shape index (κ1) is 9.47. The molecule has 1 saturated carbocycles. The Hall–Kier alpha value is -0.0800. The van der Waals surface area contributed by atoms with Gasteiger partial charge in [-0.25, -0.2) is 0 Å². The van der Waals surface area contributed by atoms with E-state index < -0.39 is 0 Å². The van der Waals surface area contributed by atoms with E-state index in [-0.39, 0.29) is 5.60 Å². The van der Waals surface area contributed by atoms with Crippen LogP contribution in [0.3, 0.4) is 0 Å². The number of methoxy groups -OCH3 is 1. The lowest BCUT2D eigenvalue weighted by molar-refractivity contribution is -0.0343. The van der Waals surface area contributed by atoms with Crippen molar-refractivity contribution >= 4 is 0 Å². The van der Waals surface area contributed by atoms with Gasteiger partial charge in [0.05, 0.1) is 5.60 Å². The van der Waals surface area contributed by atoms with E-state index in [0.29, 0.717) is 11.5 Å². The number of rotatable bonds is 2. The lowest BCUT2D eigenvalue weighted by atomic mass is 9.92. The molecule has 1 aliphatic carbocycles. The second-order valence-electron chi connectivity index (χ2n) is 5.44. The lowest BCUT2D eigenvalue weighted by Crippen LogP contribution is -2.45. The molecule has 2 fully saturated rings. The molecule has 13 heavy (non-hydrogen) atoms. The summed E-state index contributed by atoms with van der Waals surface area (Å²) in [6.45, 7) is 5.69. The van der Waals surface area contributed by atoms with Crippen LogP contribution in [-0.4, -0.2) is 37.2 Å². The summed E-state index contributed by atoms with van der Waals surface area (Å²) < 4.78 is 5.57. The van der Waals surface area contributed by atoms with Crippen molar-refractivity contribution in [1.82, 2.24) is 4.90 Å². The molecule has 0 amide bonds. The maximum Gasteiger partial charge on any atom is 0.0777 e. The predicted molar refractivity (Wildman–Crippen MR) is 53.8 cm³/mol. The molecule has 0 aromatic carbocycles. The van der Waals surface area contributed by atoms with Crippen molar-refractivity contribution in [2.24, 2.45) is 5.41 Å². The molecule has 2 aliphatic rings. The number of hydrogen-bond acceptors (Lipinski definition) is 2. The summed E-state index contributed by atoms with van der Waals surface area (Å²) >= 11 is 0. The van der Waals surface area contributed by atoms with Gasteiger partial charge in [-0.05, 0) is 45.6 Å². The SMILES string of the molecule is COC(C)(C)[C@@H]1CC2(CC2)CN1C. The fourth-order valence-electron chi connectivity index (χ4n) is 2.72. The van der Waals surface area contributed by atoms with Gasteiger partial charge in [-0.15, -0.1) is 0 Å². The molecule has 76 valence electrons. The smallest absolute Gasteiger partial charge is 0.0777 e. The van der Waals surface area contributed by atoms with Gasteiger partial charge >= 0.3 is 0 Å². The van der Waals surface area contributed by atoms with Gasteiger partial charge in [0.2, 0.25) is 0 Å². The minimum absolute atomic E-state index is 0.0147. The van der Waals surface area contributed by atoms with Crippen molar-refractivity contribution in [3.63, 3.8) is 0 Å². The molecule has 1 atom stereocenters. The zero-order valence-electron chi connectivity index (χ0n) is 9.26. The van der Waals surface area contributed by atoms with Gasteiger partial charge in [0.15, 0.2) is 0 Å². The van der Waals surface area contributed by atoms with Gasteiger partial charge in [0.25, 0.3) is 0 Å². The Morgan fingerprint density at radius 3 is 2.38 bits per heavy atom. The highest BCUT2D eigenvalue weighted by molar-refractivity contribution is 5.07. The molecule has 1 spiro atoms. The van der Waals surface area contributed by atoms with Crippen molar-refractivity contribution in [3.8, 4) is 0 Å². The Balaban J connectivity index is 2.08. The third-order valence-corrected chi connectivity index (χ3v) is 4.03. The van der Waals surface area contributed by atoms with Crippen LogP contribution in [0.1, 0.15) is 33.1 Å². The Kier molecular flexibility index (Phi) is 1.97. The summed E-state index contributed by atoms with van der Waals surface area (Å²) in [5, 5.41) is 0. The van der Waals surface area contributed by atoms with Gasteiger partial charge in [0.1, 0.15) is 0 Å². The van der Waals surface area contributed by atoms with Crippen LogP contribution < -0.4 is 0 Å². The van der Waals surface area contributed by atoms with E-state index in [4.69, 9.17) is 4.74 Å². The largest absolute Gasteiger partial charge is 0.377 e. The van der Waals surface area contributed by atoms with Crippen LogP contribution in [0.25, 0.3) is 0 Å². The summed E-state index contributed by atoms with van der Waals surface area (Å²) in [6, 6.07) is 0.611. The van der Waals surface area contributed by atoms with E-state index in [1.807, 2.05) is 7.11 Å². The maximum atomic E-state index is 5.57. The average molecular weight is 183 g/mol. The van der Waals surface area contributed by atoms with Crippen LogP contribution in [0.15, 0.2) is 0 Å². The minimum atomic E-state index is 0.0147. The molecule has 2 nitrogen and oxygen atoms in total. The van der Waals surface area contributed by atoms with E-state index in [0.717, 1.165) is 0 Å². The molecule has 1 heterocycles. The van der Waals surface area contributed by atoms with Gasteiger partial charge in [-0.3, -0.25) is 4.90 Å². The quantitative estimate of drug-likeness (QED) is 0.648. The Labute approximate surface area is 81.3 Å². The average Bonchev–Trinajstić information content (AvgIpc) is 2.71. The Morgan fingerprint density at radius 2 is 2.00 bits per heavy atom. The highest BCUT2D eigenvalue weighted by atomic mass is 16.5. The van der Waals surface area contributed by atoms with E-state index in [1.54, 1.807) is 0 Å². The standard InChI is InChI=1S/C11H21NO/c1-10(2,13-4)9-7-11(5-6-11)8-12(9)3/h9H,5-8H2,1-4H3/t9-/m0/s1. The van der Waals surface area contributed by atoms with Crippen LogP contribution in [0.4, 0.5) is 0 Å². The molecule has 0 radical (unpaired) electrons. The molecule has 0 N–H and O–H groups in total.